The number of ether oxygens (including phenoxy) is 1. The predicted molar refractivity (Wildman–Crippen MR) is 65.0 cm³/mol. The molecule has 84 valence electrons. The van der Waals surface area contributed by atoms with Gasteiger partial charge in [0.25, 0.3) is 0 Å². The van der Waals surface area contributed by atoms with Gasteiger partial charge in [-0.05, 0) is 12.1 Å². The normalized spacial score (nSPS) is 10.6. The second-order valence-electron chi connectivity index (χ2n) is 3.67. The van der Waals surface area contributed by atoms with Gasteiger partial charge in [0, 0.05) is 5.56 Å². The molecule has 0 atom stereocenters. The van der Waals surface area contributed by atoms with Crippen LogP contribution in [0.3, 0.4) is 0 Å². The molecule has 0 fully saturated rings. The van der Waals surface area contributed by atoms with E-state index in [1.807, 2.05) is 48.7 Å². The van der Waals surface area contributed by atoms with Crippen LogP contribution in [0.5, 0.6) is 5.75 Å². The molecule has 4 nitrogen and oxygen atoms in total. The van der Waals surface area contributed by atoms with Crippen LogP contribution >= 0.6 is 0 Å². The topological polar surface area (TPSA) is 39.4 Å². The molecule has 0 amide bonds. The fourth-order valence-electron chi connectivity index (χ4n) is 1.69. The molecule has 0 N–H and O–H groups in total. The van der Waals surface area contributed by atoms with Crippen LogP contribution < -0.4 is 4.74 Å². The molecule has 0 unspecified atom stereocenters. The van der Waals surface area contributed by atoms with Crippen molar-refractivity contribution in [3.05, 3.63) is 48.7 Å². The average molecular weight is 225 g/mol. The lowest BCUT2D eigenvalue weighted by Gasteiger charge is -1.97. The second kappa shape index (κ2) is 3.90. The van der Waals surface area contributed by atoms with E-state index in [1.54, 1.807) is 11.6 Å². The molecule has 0 aliphatic carbocycles. The van der Waals surface area contributed by atoms with E-state index in [4.69, 9.17) is 4.74 Å². The summed E-state index contributed by atoms with van der Waals surface area (Å²) in [6, 6.07) is 13.7. The summed E-state index contributed by atoms with van der Waals surface area (Å²) in [5, 5.41) is 4.42. The molecule has 0 aliphatic rings. The Bertz CT molecular complexity index is 646. The number of aromatic nitrogens is 3. The van der Waals surface area contributed by atoms with Crippen molar-refractivity contribution < 1.29 is 4.74 Å². The molecule has 0 saturated carbocycles. The monoisotopic (exact) mass is 225 g/mol. The molecular weight excluding hydrogens is 214 g/mol. The lowest BCUT2D eigenvalue weighted by atomic mass is 10.2. The minimum atomic E-state index is 0.721. The van der Waals surface area contributed by atoms with Crippen LogP contribution in [0.4, 0.5) is 0 Å². The first-order valence-corrected chi connectivity index (χ1v) is 5.33. The molecule has 2 heterocycles. The summed E-state index contributed by atoms with van der Waals surface area (Å²) in [7, 11) is 1.64. The Morgan fingerprint density at radius 2 is 1.88 bits per heavy atom. The fraction of sp³-hybridized carbons (Fsp3) is 0.0769. The third-order valence-corrected chi connectivity index (χ3v) is 2.57. The van der Waals surface area contributed by atoms with Crippen LogP contribution in [0, 0.1) is 0 Å². The van der Waals surface area contributed by atoms with E-state index in [-0.39, 0.29) is 0 Å². The van der Waals surface area contributed by atoms with Gasteiger partial charge >= 0.3 is 0 Å². The smallest absolute Gasteiger partial charge is 0.182 e. The van der Waals surface area contributed by atoms with Crippen molar-refractivity contribution in [2.24, 2.45) is 0 Å². The maximum atomic E-state index is 5.15. The van der Waals surface area contributed by atoms with Crippen LogP contribution in [-0.4, -0.2) is 21.7 Å². The zero-order valence-corrected chi connectivity index (χ0v) is 9.37. The standard InChI is InChI=1S/C13H11N3O/c1-17-11-7-8-12-14-13(15-16(12)9-11)10-5-3-2-4-6-10/h2-9H,1H3. The molecule has 3 rings (SSSR count). The van der Waals surface area contributed by atoms with Gasteiger partial charge in [0.05, 0.1) is 13.3 Å². The quantitative estimate of drug-likeness (QED) is 0.672. The highest BCUT2D eigenvalue weighted by atomic mass is 16.5. The number of nitrogens with zero attached hydrogens (tertiary/aromatic N) is 3. The van der Waals surface area contributed by atoms with Crippen molar-refractivity contribution >= 4 is 5.65 Å². The van der Waals surface area contributed by atoms with Gasteiger partial charge in [0.2, 0.25) is 0 Å². The summed E-state index contributed by atoms with van der Waals surface area (Å²) in [5.74, 6) is 1.49. The van der Waals surface area contributed by atoms with Crippen LogP contribution in [0.1, 0.15) is 0 Å². The van der Waals surface area contributed by atoms with Crippen molar-refractivity contribution in [3.8, 4) is 17.1 Å². The van der Waals surface area contributed by atoms with Gasteiger partial charge in [-0.2, -0.15) is 0 Å². The van der Waals surface area contributed by atoms with Crippen LogP contribution in [0.25, 0.3) is 17.0 Å². The van der Waals surface area contributed by atoms with Crippen LogP contribution in [0.15, 0.2) is 48.7 Å². The maximum absolute atomic E-state index is 5.15. The van der Waals surface area contributed by atoms with Crippen molar-refractivity contribution in [2.45, 2.75) is 0 Å². The highest BCUT2D eigenvalue weighted by Crippen LogP contribution is 2.17. The third kappa shape index (κ3) is 1.73. The summed E-state index contributed by atoms with van der Waals surface area (Å²) in [4.78, 5) is 4.45. The first-order chi connectivity index (χ1) is 8.36. The summed E-state index contributed by atoms with van der Waals surface area (Å²) in [6.07, 6.45) is 1.81. The SMILES string of the molecule is COc1ccc2nc(-c3ccccc3)nn2c1. The number of methoxy groups -OCH3 is 1. The largest absolute Gasteiger partial charge is 0.495 e. The van der Waals surface area contributed by atoms with E-state index < -0.39 is 0 Å². The number of fused-ring (bicyclic) bond motifs is 1. The van der Waals surface area contributed by atoms with E-state index in [1.165, 1.54) is 0 Å². The van der Waals surface area contributed by atoms with Gasteiger partial charge in [-0.15, -0.1) is 5.10 Å². The van der Waals surface area contributed by atoms with Gasteiger partial charge in [-0.1, -0.05) is 30.3 Å². The number of benzene rings is 1. The Labute approximate surface area is 98.5 Å². The second-order valence-corrected chi connectivity index (χ2v) is 3.67. The summed E-state index contributed by atoms with van der Waals surface area (Å²) < 4.78 is 6.87. The highest BCUT2D eigenvalue weighted by molar-refractivity contribution is 5.58. The number of hydrogen-bond acceptors (Lipinski definition) is 3. The summed E-state index contributed by atoms with van der Waals surface area (Å²) in [5.41, 5.74) is 1.82. The van der Waals surface area contributed by atoms with Gasteiger partial charge in [-0.3, -0.25) is 0 Å². The Hall–Kier alpha value is -2.36. The third-order valence-electron chi connectivity index (χ3n) is 2.57. The molecule has 0 radical (unpaired) electrons. The number of rotatable bonds is 2. The number of hydrogen-bond donors (Lipinski definition) is 0. The molecular formula is C13H11N3O. The van der Waals surface area contributed by atoms with Crippen LogP contribution in [-0.2, 0) is 0 Å². The van der Waals surface area contributed by atoms with Gasteiger partial charge in [0.1, 0.15) is 5.75 Å². The summed E-state index contributed by atoms with van der Waals surface area (Å²) >= 11 is 0. The van der Waals surface area contributed by atoms with Crippen molar-refractivity contribution in [1.82, 2.24) is 14.6 Å². The molecule has 0 spiro atoms. The highest BCUT2D eigenvalue weighted by Gasteiger charge is 2.05. The Kier molecular flexibility index (Phi) is 2.26. The Balaban J connectivity index is 2.14. The predicted octanol–water partition coefficient (Wildman–Crippen LogP) is 2.40. The van der Waals surface area contributed by atoms with Gasteiger partial charge in [0.15, 0.2) is 11.5 Å². The van der Waals surface area contributed by atoms with E-state index >= 15 is 0 Å². The molecule has 17 heavy (non-hydrogen) atoms. The minimum Gasteiger partial charge on any atom is -0.495 e. The molecule has 0 saturated heterocycles. The lowest BCUT2D eigenvalue weighted by Crippen LogP contribution is -1.89. The first-order valence-electron chi connectivity index (χ1n) is 5.33. The molecule has 2 aromatic heterocycles. The van der Waals surface area contributed by atoms with Gasteiger partial charge < -0.3 is 4.74 Å². The zero-order chi connectivity index (χ0) is 11.7. The Morgan fingerprint density at radius 1 is 1.06 bits per heavy atom. The molecule has 0 bridgehead atoms. The Morgan fingerprint density at radius 3 is 2.65 bits per heavy atom. The van der Waals surface area contributed by atoms with E-state index in [0.29, 0.717) is 0 Å². The van der Waals surface area contributed by atoms with E-state index in [9.17, 15) is 0 Å². The van der Waals surface area contributed by atoms with Crippen molar-refractivity contribution in [2.75, 3.05) is 7.11 Å². The molecule has 4 heteroatoms. The average Bonchev–Trinajstić information content (AvgIpc) is 2.82. The molecule has 1 aromatic carbocycles. The van der Waals surface area contributed by atoms with Crippen molar-refractivity contribution in [3.63, 3.8) is 0 Å². The summed E-state index contributed by atoms with van der Waals surface area (Å²) in [6.45, 7) is 0. The van der Waals surface area contributed by atoms with Crippen LogP contribution in [0.2, 0.25) is 0 Å². The minimum absolute atomic E-state index is 0.721. The first kappa shape index (κ1) is 9.84. The van der Waals surface area contributed by atoms with E-state index in [2.05, 4.69) is 10.1 Å². The lowest BCUT2D eigenvalue weighted by molar-refractivity contribution is 0.411. The van der Waals surface area contributed by atoms with Gasteiger partial charge in [-0.25, -0.2) is 9.50 Å². The maximum Gasteiger partial charge on any atom is 0.182 e. The van der Waals surface area contributed by atoms with Crippen molar-refractivity contribution in [1.29, 1.82) is 0 Å². The number of pyridine rings is 1. The zero-order valence-electron chi connectivity index (χ0n) is 9.37. The molecule has 0 aliphatic heterocycles. The fourth-order valence-corrected chi connectivity index (χ4v) is 1.69. The van der Waals surface area contributed by atoms with E-state index in [0.717, 1.165) is 22.8 Å². The molecule has 3 aromatic rings.